The highest BCUT2D eigenvalue weighted by atomic mass is 16.5. The van der Waals surface area contributed by atoms with E-state index in [2.05, 4.69) is 42.4 Å². The third kappa shape index (κ3) is 4.88. The van der Waals surface area contributed by atoms with Gasteiger partial charge < -0.3 is 9.84 Å². The predicted molar refractivity (Wildman–Crippen MR) is 102 cm³/mol. The van der Waals surface area contributed by atoms with E-state index in [1.165, 1.54) is 0 Å². The molecule has 4 heteroatoms. The second-order valence-electron chi connectivity index (χ2n) is 6.29. The summed E-state index contributed by atoms with van der Waals surface area (Å²) in [4.78, 5) is 14.9. The fraction of sp³-hybridized carbons (Fsp3) is 0.500. The Bertz CT molecular complexity index is 704. The number of carbonyl (C=O) groups is 1. The van der Waals surface area contributed by atoms with Crippen LogP contribution in [0.15, 0.2) is 30.3 Å². The van der Waals surface area contributed by atoms with Gasteiger partial charge in [-0.05, 0) is 31.5 Å². The van der Waals surface area contributed by atoms with Gasteiger partial charge in [0.2, 0.25) is 5.60 Å². The molecule has 0 aliphatic heterocycles. The molecular weight excluding hydrogens is 326 g/mol. The smallest absolute Gasteiger partial charge is 0.345 e. The number of hydrogen-bond acceptors (Lipinski definition) is 4. The van der Waals surface area contributed by atoms with E-state index in [1.54, 1.807) is 24.3 Å². The summed E-state index contributed by atoms with van der Waals surface area (Å²) in [5.74, 6) is 10.8. The van der Waals surface area contributed by atoms with Crippen molar-refractivity contribution in [3.05, 3.63) is 35.9 Å². The van der Waals surface area contributed by atoms with Crippen LogP contribution in [-0.4, -0.2) is 42.2 Å². The molecule has 0 aromatic heterocycles. The van der Waals surface area contributed by atoms with Crippen molar-refractivity contribution in [2.75, 3.05) is 26.2 Å². The van der Waals surface area contributed by atoms with Crippen LogP contribution in [0.2, 0.25) is 0 Å². The summed E-state index contributed by atoms with van der Waals surface area (Å²) in [6.07, 6.45) is 2.33. The maximum absolute atomic E-state index is 12.8. The lowest BCUT2D eigenvalue weighted by molar-refractivity contribution is -0.170. The number of rotatable bonds is 7. The average molecular weight is 353 g/mol. The number of aliphatic hydroxyl groups is 1. The van der Waals surface area contributed by atoms with Crippen molar-refractivity contribution in [3.63, 3.8) is 0 Å². The summed E-state index contributed by atoms with van der Waals surface area (Å²) in [6, 6.07) is 8.93. The van der Waals surface area contributed by atoms with Gasteiger partial charge in [0.05, 0.1) is 12.5 Å². The van der Waals surface area contributed by atoms with Gasteiger partial charge in [0.25, 0.3) is 0 Å². The van der Waals surface area contributed by atoms with E-state index in [-0.39, 0.29) is 6.61 Å². The van der Waals surface area contributed by atoms with E-state index < -0.39 is 17.5 Å². The Hall–Kier alpha value is -2.27. The predicted octanol–water partition coefficient (Wildman–Crippen LogP) is 2.57. The first-order chi connectivity index (χ1) is 12.6. The van der Waals surface area contributed by atoms with Gasteiger partial charge in [-0.25, -0.2) is 4.79 Å². The van der Waals surface area contributed by atoms with Crippen molar-refractivity contribution < 1.29 is 14.6 Å². The Morgan fingerprint density at radius 2 is 2.04 bits per heavy atom. The summed E-state index contributed by atoms with van der Waals surface area (Å²) in [5, 5.41) is 11.3. The summed E-state index contributed by atoms with van der Waals surface area (Å²) in [6.45, 7) is 6.63. The molecule has 0 amide bonds. The lowest BCUT2D eigenvalue weighted by atomic mass is 9.77. The minimum atomic E-state index is -1.75. The summed E-state index contributed by atoms with van der Waals surface area (Å²) in [5.41, 5.74) is -1.24. The molecule has 4 nitrogen and oxygen atoms in total. The van der Waals surface area contributed by atoms with Crippen LogP contribution in [0, 0.1) is 29.6 Å². The second kappa shape index (κ2) is 10.0. The molecule has 1 aliphatic carbocycles. The van der Waals surface area contributed by atoms with E-state index in [0.717, 1.165) is 25.9 Å². The summed E-state index contributed by atoms with van der Waals surface area (Å²) < 4.78 is 5.32. The Morgan fingerprint density at radius 1 is 1.31 bits per heavy atom. The summed E-state index contributed by atoms with van der Waals surface area (Å²) >= 11 is 0. The highest BCUT2D eigenvalue weighted by Crippen LogP contribution is 2.35. The Labute approximate surface area is 156 Å². The molecule has 138 valence electrons. The van der Waals surface area contributed by atoms with Gasteiger partial charge in [0.15, 0.2) is 6.61 Å². The first-order valence-electron chi connectivity index (χ1n) is 9.24. The quantitative estimate of drug-likeness (QED) is 0.605. The molecule has 0 spiro atoms. The maximum atomic E-state index is 12.8. The molecule has 0 radical (unpaired) electrons. The van der Waals surface area contributed by atoms with Crippen LogP contribution in [0.25, 0.3) is 0 Å². The zero-order valence-corrected chi connectivity index (χ0v) is 15.6. The van der Waals surface area contributed by atoms with E-state index in [9.17, 15) is 9.90 Å². The fourth-order valence-electron chi connectivity index (χ4n) is 3.01. The highest BCUT2D eigenvalue weighted by Gasteiger charge is 2.46. The molecule has 2 rings (SSSR count). The lowest BCUT2D eigenvalue weighted by Crippen LogP contribution is -2.44. The van der Waals surface area contributed by atoms with Crippen LogP contribution in [0.4, 0.5) is 0 Å². The van der Waals surface area contributed by atoms with Crippen LogP contribution in [0.1, 0.15) is 38.7 Å². The van der Waals surface area contributed by atoms with Crippen LogP contribution >= 0.6 is 0 Å². The molecule has 1 aromatic rings. The first kappa shape index (κ1) is 20.0. The van der Waals surface area contributed by atoms with E-state index in [4.69, 9.17) is 4.74 Å². The zero-order chi connectivity index (χ0) is 18.8. The van der Waals surface area contributed by atoms with E-state index in [0.29, 0.717) is 18.5 Å². The molecular formula is C22H27NO3. The van der Waals surface area contributed by atoms with Crippen molar-refractivity contribution in [2.24, 2.45) is 5.92 Å². The molecule has 0 saturated carbocycles. The minimum Gasteiger partial charge on any atom is -0.450 e. The van der Waals surface area contributed by atoms with Crippen LogP contribution < -0.4 is 0 Å². The van der Waals surface area contributed by atoms with Crippen molar-refractivity contribution >= 4 is 5.97 Å². The highest BCUT2D eigenvalue weighted by molar-refractivity contribution is 5.82. The number of hydrogen-bond donors (Lipinski definition) is 1. The normalized spacial score (nSPS) is 18.1. The van der Waals surface area contributed by atoms with Gasteiger partial charge in [0, 0.05) is 6.42 Å². The maximum Gasteiger partial charge on any atom is 0.345 e. The monoisotopic (exact) mass is 353 g/mol. The SMILES string of the molecule is CCN(CC)CC#CCOC(=O)C(O)(c1ccccc1)C1C#CCCC1. The first-order valence-corrected chi connectivity index (χ1v) is 9.24. The van der Waals surface area contributed by atoms with Crippen molar-refractivity contribution in [1.82, 2.24) is 4.90 Å². The number of carbonyl (C=O) groups excluding carboxylic acids is 1. The number of nitrogens with zero attached hydrogens (tertiary/aromatic N) is 1. The average Bonchev–Trinajstić information content (AvgIpc) is 2.71. The zero-order valence-electron chi connectivity index (χ0n) is 15.6. The van der Waals surface area contributed by atoms with Gasteiger partial charge in [-0.2, -0.15) is 0 Å². The molecule has 0 fully saturated rings. The lowest BCUT2D eigenvalue weighted by Gasteiger charge is -2.32. The van der Waals surface area contributed by atoms with Gasteiger partial charge >= 0.3 is 5.97 Å². The molecule has 1 aliphatic rings. The largest absolute Gasteiger partial charge is 0.450 e. The van der Waals surface area contributed by atoms with Crippen LogP contribution in [0.5, 0.6) is 0 Å². The molecule has 2 unspecified atom stereocenters. The number of ether oxygens (including phenoxy) is 1. The van der Waals surface area contributed by atoms with Crippen molar-refractivity contribution in [1.29, 1.82) is 0 Å². The molecule has 0 bridgehead atoms. The van der Waals surface area contributed by atoms with Gasteiger partial charge in [-0.15, -0.1) is 5.92 Å². The molecule has 2 atom stereocenters. The minimum absolute atomic E-state index is 0.0323. The second-order valence-corrected chi connectivity index (χ2v) is 6.29. The third-order valence-corrected chi connectivity index (χ3v) is 4.70. The Balaban J connectivity index is 2.09. The van der Waals surface area contributed by atoms with E-state index >= 15 is 0 Å². The molecule has 1 N–H and O–H groups in total. The standard InChI is InChI=1S/C22H27NO3/c1-3-23(4-2)17-11-12-18-26-21(24)22(25,19-13-7-5-8-14-19)20-15-9-6-10-16-20/h5,7-8,13-14,20,25H,3-4,6,9,15,17-18H2,1-2H3. The molecule has 1 aromatic carbocycles. The van der Waals surface area contributed by atoms with Crippen molar-refractivity contribution in [2.45, 2.75) is 38.7 Å². The summed E-state index contributed by atoms with van der Waals surface area (Å²) in [7, 11) is 0. The van der Waals surface area contributed by atoms with Crippen LogP contribution in [-0.2, 0) is 15.1 Å². The van der Waals surface area contributed by atoms with Gasteiger partial charge in [-0.3, -0.25) is 4.90 Å². The van der Waals surface area contributed by atoms with Gasteiger partial charge in [-0.1, -0.05) is 61.9 Å². The van der Waals surface area contributed by atoms with E-state index in [1.807, 2.05) is 6.07 Å². The number of benzene rings is 1. The van der Waals surface area contributed by atoms with Gasteiger partial charge in [0.1, 0.15) is 0 Å². The number of esters is 1. The fourth-order valence-corrected chi connectivity index (χ4v) is 3.01. The van der Waals surface area contributed by atoms with Crippen LogP contribution in [0.3, 0.4) is 0 Å². The molecule has 0 saturated heterocycles. The molecule has 0 heterocycles. The topological polar surface area (TPSA) is 49.8 Å². The third-order valence-electron chi connectivity index (χ3n) is 4.70. The molecule has 26 heavy (non-hydrogen) atoms. The Morgan fingerprint density at radius 3 is 2.65 bits per heavy atom. The van der Waals surface area contributed by atoms with Crippen molar-refractivity contribution in [3.8, 4) is 23.7 Å². The Kier molecular flexibility index (Phi) is 7.73.